The summed E-state index contributed by atoms with van der Waals surface area (Å²) in [5.41, 5.74) is -0.997. The highest BCUT2D eigenvalue weighted by atomic mass is 32.2. The molecule has 0 aromatic carbocycles. The predicted octanol–water partition coefficient (Wildman–Crippen LogP) is 2.50. The Labute approximate surface area is 124 Å². The molecule has 0 bridgehead atoms. The van der Waals surface area contributed by atoms with Crippen molar-refractivity contribution in [2.24, 2.45) is 0 Å². The number of hydrogen-bond donors (Lipinski definition) is 2. The Kier molecular flexibility index (Phi) is 6.38. The molecular formula is C12H19F3N4OS. The maximum Gasteiger partial charge on any atom is 0.433 e. The second-order valence-corrected chi connectivity index (χ2v) is 6.32. The number of nitrogens with zero attached hydrogens (tertiary/aromatic N) is 2. The van der Waals surface area contributed by atoms with Gasteiger partial charge in [-0.05, 0) is 13.3 Å². The molecule has 0 aliphatic rings. The van der Waals surface area contributed by atoms with Gasteiger partial charge in [0.05, 0.1) is 0 Å². The Hall–Kier alpha value is -1.38. The van der Waals surface area contributed by atoms with Gasteiger partial charge in [-0.15, -0.1) is 0 Å². The lowest BCUT2D eigenvalue weighted by Gasteiger charge is -2.13. The van der Waals surface area contributed by atoms with Crippen LogP contribution in [0.1, 0.15) is 26.0 Å². The molecule has 0 fully saturated rings. The van der Waals surface area contributed by atoms with Crippen LogP contribution in [0, 0.1) is 0 Å². The smallest absolute Gasteiger partial charge is 0.370 e. The molecule has 2 N–H and O–H groups in total. The summed E-state index contributed by atoms with van der Waals surface area (Å²) < 4.78 is 49.5. The van der Waals surface area contributed by atoms with E-state index in [9.17, 15) is 17.4 Å². The summed E-state index contributed by atoms with van der Waals surface area (Å²) >= 11 is 0. The van der Waals surface area contributed by atoms with Crippen LogP contribution in [-0.2, 0) is 17.0 Å². The maximum absolute atomic E-state index is 12.8. The van der Waals surface area contributed by atoms with Crippen molar-refractivity contribution in [1.29, 1.82) is 0 Å². The van der Waals surface area contributed by atoms with E-state index in [1.807, 2.05) is 6.92 Å². The molecule has 0 amide bonds. The molecule has 1 rings (SSSR count). The van der Waals surface area contributed by atoms with Crippen LogP contribution in [0.4, 0.5) is 24.9 Å². The first-order valence-corrected chi connectivity index (χ1v) is 8.12. The lowest BCUT2D eigenvalue weighted by molar-refractivity contribution is -0.141. The molecule has 2 unspecified atom stereocenters. The molecule has 0 spiro atoms. The molecule has 1 aromatic rings. The first-order valence-electron chi connectivity index (χ1n) is 6.50. The fourth-order valence-corrected chi connectivity index (χ4v) is 1.94. The fourth-order valence-electron chi connectivity index (χ4n) is 1.49. The zero-order chi connectivity index (χ0) is 16.0. The summed E-state index contributed by atoms with van der Waals surface area (Å²) in [6, 6.07) is 0.869. The Morgan fingerprint density at radius 3 is 2.52 bits per heavy atom. The quantitative estimate of drug-likeness (QED) is 0.807. The van der Waals surface area contributed by atoms with E-state index in [1.54, 1.807) is 13.2 Å². The Morgan fingerprint density at radius 2 is 2.00 bits per heavy atom. The average molecular weight is 324 g/mol. The van der Waals surface area contributed by atoms with Crippen molar-refractivity contribution >= 4 is 22.6 Å². The van der Waals surface area contributed by atoms with Gasteiger partial charge in [-0.3, -0.25) is 4.21 Å². The minimum atomic E-state index is -4.53. The molecule has 21 heavy (non-hydrogen) atoms. The minimum absolute atomic E-state index is 0.0327. The van der Waals surface area contributed by atoms with Gasteiger partial charge in [-0.25, -0.2) is 4.98 Å². The molecular weight excluding hydrogens is 305 g/mol. The minimum Gasteiger partial charge on any atom is -0.370 e. The number of halogens is 3. The van der Waals surface area contributed by atoms with Gasteiger partial charge >= 0.3 is 6.18 Å². The van der Waals surface area contributed by atoms with E-state index in [1.165, 1.54) is 0 Å². The van der Waals surface area contributed by atoms with Gasteiger partial charge in [0.2, 0.25) is 5.95 Å². The molecule has 1 aromatic heterocycles. The van der Waals surface area contributed by atoms with E-state index in [0.29, 0.717) is 19.5 Å². The number of aromatic nitrogens is 2. The third-order valence-corrected chi connectivity index (χ3v) is 4.14. The van der Waals surface area contributed by atoms with Crippen LogP contribution in [0.5, 0.6) is 0 Å². The van der Waals surface area contributed by atoms with Gasteiger partial charge in [0, 0.05) is 41.5 Å². The Balaban J connectivity index is 2.81. The molecule has 0 aliphatic carbocycles. The Bertz CT molecular complexity index is 496. The first-order chi connectivity index (χ1) is 9.74. The molecule has 2 atom stereocenters. The number of nitrogens with one attached hydrogen (secondary N) is 2. The molecule has 120 valence electrons. The van der Waals surface area contributed by atoms with Crippen molar-refractivity contribution in [2.75, 3.05) is 30.0 Å². The van der Waals surface area contributed by atoms with Crippen LogP contribution >= 0.6 is 0 Å². The highest BCUT2D eigenvalue weighted by molar-refractivity contribution is 7.84. The van der Waals surface area contributed by atoms with Crippen molar-refractivity contribution < 1.29 is 17.4 Å². The SMILES string of the molecule is CCNc1nc(NCCC(C)S(C)=O)cc(C(F)(F)F)n1. The lowest BCUT2D eigenvalue weighted by Crippen LogP contribution is -2.17. The molecule has 1 heterocycles. The van der Waals surface area contributed by atoms with E-state index >= 15 is 0 Å². The van der Waals surface area contributed by atoms with Crippen LogP contribution in [-0.4, -0.2) is 38.8 Å². The zero-order valence-electron chi connectivity index (χ0n) is 12.1. The van der Waals surface area contributed by atoms with E-state index in [0.717, 1.165) is 6.07 Å². The number of hydrogen-bond acceptors (Lipinski definition) is 5. The first kappa shape index (κ1) is 17.7. The van der Waals surface area contributed by atoms with E-state index in [-0.39, 0.29) is 17.0 Å². The normalized spacial score (nSPS) is 14.6. The lowest BCUT2D eigenvalue weighted by atomic mass is 10.3. The van der Waals surface area contributed by atoms with Crippen molar-refractivity contribution in [3.63, 3.8) is 0 Å². The largest absolute Gasteiger partial charge is 0.433 e. The van der Waals surface area contributed by atoms with Crippen molar-refractivity contribution in [2.45, 2.75) is 31.7 Å². The van der Waals surface area contributed by atoms with Crippen LogP contribution in [0.2, 0.25) is 0 Å². The maximum atomic E-state index is 12.8. The highest BCUT2D eigenvalue weighted by Gasteiger charge is 2.33. The molecule has 5 nitrogen and oxygen atoms in total. The molecule has 0 aliphatic heterocycles. The van der Waals surface area contributed by atoms with Crippen LogP contribution in [0.3, 0.4) is 0 Å². The van der Waals surface area contributed by atoms with E-state index < -0.39 is 22.7 Å². The number of alkyl halides is 3. The van der Waals surface area contributed by atoms with Gasteiger partial charge in [0.15, 0.2) is 5.69 Å². The fraction of sp³-hybridized carbons (Fsp3) is 0.667. The summed E-state index contributed by atoms with van der Waals surface area (Å²) in [4.78, 5) is 7.40. The van der Waals surface area contributed by atoms with Gasteiger partial charge in [-0.2, -0.15) is 18.2 Å². The second-order valence-electron chi connectivity index (χ2n) is 4.51. The monoisotopic (exact) mass is 324 g/mol. The summed E-state index contributed by atoms with van der Waals surface area (Å²) in [6.45, 7) is 4.38. The average Bonchev–Trinajstić information content (AvgIpc) is 2.37. The molecule has 9 heteroatoms. The van der Waals surface area contributed by atoms with Crippen LogP contribution in [0.25, 0.3) is 0 Å². The van der Waals surface area contributed by atoms with Crippen molar-refractivity contribution in [3.05, 3.63) is 11.8 Å². The number of rotatable bonds is 7. The van der Waals surface area contributed by atoms with Crippen molar-refractivity contribution in [1.82, 2.24) is 9.97 Å². The number of anilines is 2. The molecule has 0 radical (unpaired) electrons. The van der Waals surface area contributed by atoms with Gasteiger partial charge < -0.3 is 10.6 Å². The third-order valence-electron chi connectivity index (χ3n) is 2.78. The van der Waals surface area contributed by atoms with Crippen LogP contribution in [0.15, 0.2) is 6.07 Å². The second kappa shape index (κ2) is 7.58. The molecule has 0 saturated carbocycles. The summed E-state index contributed by atoms with van der Waals surface area (Å²) in [6.07, 6.45) is -2.35. The standard InChI is InChI=1S/C12H19F3N4OS/c1-4-16-11-18-9(12(13,14)15)7-10(19-11)17-6-5-8(2)21(3)20/h7-8H,4-6H2,1-3H3,(H2,16,17,18,19). The van der Waals surface area contributed by atoms with Crippen LogP contribution < -0.4 is 10.6 Å². The van der Waals surface area contributed by atoms with Gasteiger partial charge in [-0.1, -0.05) is 6.92 Å². The summed E-state index contributed by atoms with van der Waals surface area (Å²) in [5, 5.41) is 5.45. The Morgan fingerprint density at radius 1 is 1.33 bits per heavy atom. The van der Waals surface area contributed by atoms with Gasteiger partial charge in [0.25, 0.3) is 0 Å². The topological polar surface area (TPSA) is 66.9 Å². The predicted molar refractivity (Wildman–Crippen MR) is 77.8 cm³/mol. The molecule has 0 saturated heterocycles. The highest BCUT2D eigenvalue weighted by Crippen LogP contribution is 2.29. The van der Waals surface area contributed by atoms with Gasteiger partial charge in [0.1, 0.15) is 5.82 Å². The summed E-state index contributed by atoms with van der Waals surface area (Å²) in [5.74, 6) is 0.0318. The zero-order valence-corrected chi connectivity index (χ0v) is 12.9. The van der Waals surface area contributed by atoms with Crippen molar-refractivity contribution in [3.8, 4) is 0 Å². The van der Waals surface area contributed by atoms with E-state index in [4.69, 9.17) is 0 Å². The summed E-state index contributed by atoms with van der Waals surface area (Å²) in [7, 11) is -0.959. The third kappa shape index (κ3) is 5.86. The van der Waals surface area contributed by atoms with E-state index in [2.05, 4.69) is 20.6 Å².